The molecule has 2 aliphatic heterocycles. The fraction of sp³-hybridized carbons (Fsp3) is 0.625. The molecule has 2 atom stereocenters. The molecule has 1 aromatic rings. The van der Waals surface area contributed by atoms with Gasteiger partial charge in [0.1, 0.15) is 0 Å². The van der Waals surface area contributed by atoms with Gasteiger partial charge in [-0.25, -0.2) is 12.7 Å². The summed E-state index contributed by atoms with van der Waals surface area (Å²) in [6.07, 6.45) is 4.26. The monoisotopic (exact) mass is 512 g/mol. The van der Waals surface area contributed by atoms with E-state index in [1.165, 1.54) is 0 Å². The number of amides is 2. The molecule has 1 aromatic heterocycles. The summed E-state index contributed by atoms with van der Waals surface area (Å²) in [5, 5.41) is 3.54. The second-order valence-corrected chi connectivity index (χ2v) is 11.9. The maximum Gasteiger partial charge on any atom is 0.256 e. The molecule has 190 valence electrons. The van der Waals surface area contributed by atoms with Gasteiger partial charge in [-0.15, -0.1) is 12.4 Å². The van der Waals surface area contributed by atoms with Crippen LogP contribution in [-0.4, -0.2) is 59.3 Å². The van der Waals surface area contributed by atoms with Crippen molar-refractivity contribution >= 4 is 34.2 Å². The molecule has 34 heavy (non-hydrogen) atoms. The van der Waals surface area contributed by atoms with Crippen molar-refractivity contribution in [1.29, 1.82) is 0 Å². The van der Waals surface area contributed by atoms with Crippen LogP contribution in [0.25, 0.3) is 0 Å². The fourth-order valence-corrected chi connectivity index (χ4v) is 6.08. The van der Waals surface area contributed by atoms with Gasteiger partial charge in [0.25, 0.3) is 5.91 Å². The predicted octanol–water partition coefficient (Wildman–Crippen LogP) is 3.06. The molecule has 0 radical (unpaired) electrons. The van der Waals surface area contributed by atoms with Crippen LogP contribution < -0.4 is 5.32 Å². The molecule has 3 rings (SSSR count). The van der Waals surface area contributed by atoms with E-state index in [2.05, 4.69) is 38.0 Å². The Morgan fingerprint density at radius 1 is 1.15 bits per heavy atom. The van der Waals surface area contributed by atoms with Crippen molar-refractivity contribution in [1.82, 2.24) is 19.5 Å². The zero-order valence-corrected chi connectivity index (χ0v) is 22.6. The second kappa shape index (κ2) is 10.7. The summed E-state index contributed by atoms with van der Waals surface area (Å²) in [5.41, 5.74) is 1.65. The summed E-state index contributed by atoms with van der Waals surface area (Å²) in [5.74, 6) is -0.445. The standard InChI is InChI=1S/C24H36N4O4S.ClH/c1-14(2)20-22-19(28(24(20)30)33(7,31)32)10-11-27(22)23(29)17-8-9-18(25-12-17)13-26-21(15(3)4)16(5)6;/h8-10,12,14-16,20-22,26H,11,13H2,1-7H3;1H/t20-,22+;/m1./s1. The zero-order chi connectivity index (χ0) is 24.7. The van der Waals surface area contributed by atoms with Crippen molar-refractivity contribution in [2.75, 3.05) is 12.8 Å². The Morgan fingerprint density at radius 3 is 2.24 bits per heavy atom. The van der Waals surface area contributed by atoms with E-state index < -0.39 is 27.9 Å². The first kappa shape index (κ1) is 28.3. The maximum atomic E-state index is 13.3. The summed E-state index contributed by atoms with van der Waals surface area (Å²) < 4.78 is 25.4. The van der Waals surface area contributed by atoms with Crippen LogP contribution in [0.15, 0.2) is 30.1 Å². The first-order valence-corrected chi connectivity index (χ1v) is 13.4. The highest BCUT2D eigenvalue weighted by Crippen LogP contribution is 2.41. The molecule has 0 bridgehead atoms. The van der Waals surface area contributed by atoms with Gasteiger partial charge in [0, 0.05) is 25.3 Å². The minimum Gasteiger partial charge on any atom is -0.325 e. The van der Waals surface area contributed by atoms with Gasteiger partial charge in [0.2, 0.25) is 15.9 Å². The molecular weight excluding hydrogens is 476 g/mol. The summed E-state index contributed by atoms with van der Waals surface area (Å²) >= 11 is 0. The van der Waals surface area contributed by atoms with E-state index in [1.807, 2.05) is 19.9 Å². The van der Waals surface area contributed by atoms with E-state index in [-0.39, 0.29) is 30.8 Å². The molecule has 2 amide bonds. The average molecular weight is 513 g/mol. The molecule has 0 unspecified atom stereocenters. The lowest BCUT2D eigenvalue weighted by molar-refractivity contribution is -0.128. The van der Waals surface area contributed by atoms with E-state index in [0.29, 0.717) is 35.7 Å². The number of pyridine rings is 1. The van der Waals surface area contributed by atoms with Crippen LogP contribution in [0.1, 0.15) is 57.6 Å². The minimum absolute atomic E-state index is 0. The molecule has 2 aliphatic rings. The summed E-state index contributed by atoms with van der Waals surface area (Å²) in [6.45, 7) is 13.4. The lowest BCUT2D eigenvalue weighted by Crippen LogP contribution is -2.43. The van der Waals surface area contributed by atoms with Crippen molar-refractivity contribution in [3.63, 3.8) is 0 Å². The summed E-state index contributed by atoms with van der Waals surface area (Å²) in [4.78, 5) is 32.3. The molecular formula is C24H37ClN4O4S. The number of nitrogens with one attached hydrogen (secondary N) is 1. The number of sulfonamides is 1. The maximum absolute atomic E-state index is 13.3. The molecule has 10 heteroatoms. The number of hydrogen-bond donors (Lipinski definition) is 1. The van der Waals surface area contributed by atoms with Crippen molar-refractivity contribution in [2.45, 2.75) is 60.2 Å². The van der Waals surface area contributed by atoms with Crippen LogP contribution in [0.2, 0.25) is 0 Å². The Hall–Kier alpha value is -1.97. The molecule has 3 heterocycles. The van der Waals surface area contributed by atoms with Crippen LogP contribution in [0.3, 0.4) is 0 Å². The van der Waals surface area contributed by atoms with Gasteiger partial charge in [-0.05, 0) is 36.0 Å². The number of fused-ring (bicyclic) bond motifs is 1. The Morgan fingerprint density at radius 2 is 1.76 bits per heavy atom. The lowest BCUT2D eigenvalue weighted by atomic mass is 9.89. The van der Waals surface area contributed by atoms with Gasteiger partial charge < -0.3 is 10.2 Å². The third-order valence-electron chi connectivity index (χ3n) is 6.53. The Kier molecular flexibility index (Phi) is 8.93. The molecule has 1 fully saturated rings. The first-order valence-electron chi connectivity index (χ1n) is 11.6. The highest BCUT2D eigenvalue weighted by Gasteiger charge is 2.54. The summed E-state index contributed by atoms with van der Waals surface area (Å²) in [6, 6.07) is 3.37. The van der Waals surface area contributed by atoms with E-state index in [4.69, 9.17) is 0 Å². The lowest BCUT2D eigenvalue weighted by Gasteiger charge is -2.29. The van der Waals surface area contributed by atoms with Gasteiger partial charge in [-0.1, -0.05) is 41.5 Å². The number of carbonyl (C=O) groups is 2. The van der Waals surface area contributed by atoms with Crippen LogP contribution in [0.4, 0.5) is 0 Å². The molecule has 1 N–H and O–H groups in total. The number of rotatable bonds is 8. The Bertz CT molecular complexity index is 1030. The van der Waals surface area contributed by atoms with E-state index in [9.17, 15) is 18.0 Å². The topological polar surface area (TPSA) is 99.7 Å². The van der Waals surface area contributed by atoms with Gasteiger partial charge in [0.05, 0.1) is 35.2 Å². The van der Waals surface area contributed by atoms with Crippen molar-refractivity contribution in [3.05, 3.63) is 41.4 Å². The van der Waals surface area contributed by atoms with E-state index in [0.717, 1.165) is 16.3 Å². The van der Waals surface area contributed by atoms with Crippen molar-refractivity contribution in [3.8, 4) is 0 Å². The van der Waals surface area contributed by atoms with Crippen LogP contribution in [-0.2, 0) is 21.4 Å². The van der Waals surface area contributed by atoms with Crippen molar-refractivity contribution in [2.24, 2.45) is 23.7 Å². The highest BCUT2D eigenvalue weighted by atomic mass is 35.5. The third kappa shape index (κ3) is 5.47. The van der Waals surface area contributed by atoms with Gasteiger partial charge >= 0.3 is 0 Å². The smallest absolute Gasteiger partial charge is 0.256 e. The van der Waals surface area contributed by atoms with Crippen LogP contribution >= 0.6 is 12.4 Å². The van der Waals surface area contributed by atoms with E-state index >= 15 is 0 Å². The zero-order valence-electron chi connectivity index (χ0n) is 21.0. The molecule has 8 nitrogen and oxygen atoms in total. The molecule has 0 spiro atoms. The van der Waals surface area contributed by atoms with Gasteiger partial charge in [-0.3, -0.25) is 14.6 Å². The SMILES string of the molecule is CC(C)C(NCc1ccc(C(=O)N2CC=C3[C@H]2[C@@H](C(C)C)C(=O)N3S(C)(=O)=O)cn1)C(C)C.Cl. The number of hydrogen-bond acceptors (Lipinski definition) is 6. The minimum atomic E-state index is -3.76. The number of halogens is 1. The Labute approximate surface area is 209 Å². The number of carbonyl (C=O) groups excluding carboxylic acids is 2. The first-order chi connectivity index (χ1) is 15.3. The fourth-order valence-electron chi connectivity index (χ4n) is 5.06. The van der Waals surface area contributed by atoms with Gasteiger partial charge in [-0.2, -0.15) is 0 Å². The number of nitrogens with zero attached hydrogens (tertiary/aromatic N) is 3. The van der Waals surface area contributed by atoms with Crippen LogP contribution in [0, 0.1) is 23.7 Å². The van der Waals surface area contributed by atoms with Crippen molar-refractivity contribution < 1.29 is 18.0 Å². The predicted molar refractivity (Wildman–Crippen MR) is 135 cm³/mol. The quantitative estimate of drug-likeness (QED) is 0.574. The highest BCUT2D eigenvalue weighted by molar-refractivity contribution is 7.89. The van der Waals surface area contributed by atoms with Crippen LogP contribution in [0.5, 0.6) is 0 Å². The molecule has 1 saturated heterocycles. The average Bonchev–Trinajstić information content (AvgIpc) is 3.23. The third-order valence-corrected chi connectivity index (χ3v) is 7.59. The normalized spacial score (nSPS) is 20.4. The summed E-state index contributed by atoms with van der Waals surface area (Å²) in [7, 11) is -3.76. The Balaban J connectivity index is 0.00000408. The second-order valence-electron chi connectivity index (χ2n) is 10.1. The largest absolute Gasteiger partial charge is 0.325 e. The molecule has 0 aliphatic carbocycles. The molecule has 0 saturated carbocycles. The number of aromatic nitrogens is 1. The van der Waals surface area contributed by atoms with Gasteiger partial charge in [0.15, 0.2) is 0 Å². The molecule has 0 aromatic carbocycles. The van der Waals surface area contributed by atoms with E-state index in [1.54, 1.807) is 23.2 Å².